The molecule has 1 aliphatic rings. The maximum Gasteiger partial charge on any atom is 0.255 e. The highest BCUT2D eigenvalue weighted by atomic mass is 32.2. The van der Waals surface area contributed by atoms with E-state index in [0.717, 1.165) is 11.4 Å². The molecule has 1 aromatic rings. The molecular weight excluding hydrogens is 248 g/mol. The first kappa shape index (κ1) is 13.1. The van der Waals surface area contributed by atoms with E-state index < -0.39 is 5.91 Å². The molecule has 0 saturated carbocycles. The van der Waals surface area contributed by atoms with Gasteiger partial charge < -0.3 is 15.8 Å². The van der Waals surface area contributed by atoms with Gasteiger partial charge in [0.2, 0.25) is 0 Å². The maximum absolute atomic E-state index is 10.7. The Bertz CT molecular complexity index is 406. The quantitative estimate of drug-likeness (QED) is 0.854. The molecule has 0 spiro atoms. The van der Waals surface area contributed by atoms with Crippen molar-refractivity contribution in [3.63, 3.8) is 0 Å². The van der Waals surface area contributed by atoms with Crippen LogP contribution < -0.4 is 15.8 Å². The standard InChI is InChI=1S/C13H18N2O2S/c14-13(16)8-17-12-5-1-3-10(7-12)15-11-4-2-6-18-9-11/h1,3,5,7,11,15H,2,4,6,8-9H2,(H2,14,16). The number of anilines is 1. The highest BCUT2D eigenvalue weighted by Gasteiger charge is 2.13. The molecule has 0 bridgehead atoms. The van der Waals surface area contributed by atoms with Crippen molar-refractivity contribution in [2.75, 3.05) is 23.4 Å². The number of ether oxygens (including phenoxy) is 1. The Morgan fingerprint density at radius 3 is 3.17 bits per heavy atom. The largest absolute Gasteiger partial charge is 0.484 e. The summed E-state index contributed by atoms with van der Waals surface area (Å²) >= 11 is 1.99. The van der Waals surface area contributed by atoms with Gasteiger partial charge in [-0.15, -0.1) is 0 Å². The Kier molecular flexibility index (Phi) is 4.75. The van der Waals surface area contributed by atoms with E-state index in [4.69, 9.17) is 10.5 Å². The predicted octanol–water partition coefficient (Wildman–Crippen LogP) is 1.86. The van der Waals surface area contributed by atoms with Gasteiger partial charge in [0.1, 0.15) is 5.75 Å². The van der Waals surface area contributed by atoms with Gasteiger partial charge in [-0.3, -0.25) is 4.79 Å². The zero-order valence-electron chi connectivity index (χ0n) is 10.2. The molecule has 1 saturated heterocycles. The van der Waals surface area contributed by atoms with Crippen molar-refractivity contribution >= 4 is 23.4 Å². The first-order valence-electron chi connectivity index (χ1n) is 6.09. The number of rotatable bonds is 5. The zero-order valence-corrected chi connectivity index (χ0v) is 11.0. The lowest BCUT2D eigenvalue weighted by Crippen LogP contribution is -2.25. The molecule has 98 valence electrons. The average Bonchev–Trinajstić information content (AvgIpc) is 2.38. The first-order chi connectivity index (χ1) is 8.74. The number of primary amides is 1. The van der Waals surface area contributed by atoms with Crippen LogP contribution in [-0.4, -0.2) is 30.1 Å². The summed E-state index contributed by atoms with van der Waals surface area (Å²) in [5, 5.41) is 3.49. The molecule has 4 nitrogen and oxygen atoms in total. The smallest absolute Gasteiger partial charge is 0.255 e. The van der Waals surface area contributed by atoms with Crippen LogP contribution in [0.5, 0.6) is 5.75 Å². The topological polar surface area (TPSA) is 64.4 Å². The average molecular weight is 266 g/mol. The van der Waals surface area contributed by atoms with E-state index in [1.165, 1.54) is 18.6 Å². The van der Waals surface area contributed by atoms with Crippen molar-refractivity contribution in [3.05, 3.63) is 24.3 Å². The lowest BCUT2D eigenvalue weighted by molar-refractivity contribution is -0.119. The minimum Gasteiger partial charge on any atom is -0.484 e. The highest BCUT2D eigenvalue weighted by molar-refractivity contribution is 7.99. The Balaban J connectivity index is 1.91. The van der Waals surface area contributed by atoms with Crippen LogP contribution in [0.3, 0.4) is 0 Å². The van der Waals surface area contributed by atoms with Crippen molar-refractivity contribution < 1.29 is 9.53 Å². The molecule has 1 amide bonds. The molecule has 0 aliphatic carbocycles. The fourth-order valence-corrected chi connectivity index (χ4v) is 2.99. The SMILES string of the molecule is NC(=O)COc1cccc(NC2CCCSC2)c1. The molecule has 1 fully saturated rings. The minimum atomic E-state index is -0.461. The molecule has 0 aromatic heterocycles. The summed E-state index contributed by atoms with van der Waals surface area (Å²) in [6.07, 6.45) is 2.47. The van der Waals surface area contributed by atoms with E-state index in [2.05, 4.69) is 5.32 Å². The number of carbonyl (C=O) groups is 1. The Morgan fingerprint density at radius 2 is 2.44 bits per heavy atom. The van der Waals surface area contributed by atoms with Crippen LogP contribution in [0.1, 0.15) is 12.8 Å². The number of carbonyl (C=O) groups excluding carboxylic acids is 1. The lowest BCUT2D eigenvalue weighted by Gasteiger charge is -2.23. The Morgan fingerprint density at radius 1 is 1.56 bits per heavy atom. The summed E-state index contributed by atoms with van der Waals surface area (Å²) in [5.74, 6) is 2.62. The summed E-state index contributed by atoms with van der Waals surface area (Å²) in [6.45, 7) is -0.0806. The summed E-state index contributed by atoms with van der Waals surface area (Å²) in [5.41, 5.74) is 6.08. The van der Waals surface area contributed by atoms with Crippen molar-refractivity contribution in [1.82, 2.24) is 0 Å². The van der Waals surface area contributed by atoms with Crippen molar-refractivity contribution in [3.8, 4) is 5.75 Å². The molecule has 1 aromatic carbocycles. The number of nitrogens with one attached hydrogen (secondary N) is 1. The first-order valence-corrected chi connectivity index (χ1v) is 7.25. The van der Waals surface area contributed by atoms with Gasteiger partial charge in [0.25, 0.3) is 5.91 Å². The number of hydrogen-bond donors (Lipinski definition) is 2. The molecule has 1 aliphatic heterocycles. The van der Waals surface area contributed by atoms with Gasteiger partial charge in [-0.2, -0.15) is 11.8 Å². The number of benzene rings is 1. The lowest BCUT2D eigenvalue weighted by atomic mass is 10.1. The molecule has 1 unspecified atom stereocenters. The molecule has 0 radical (unpaired) electrons. The molecule has 18 heavy (non-hydrogen) atoms. The van der Waals surface area contributed by atoms with Crippen molar-refractivity contribution in [2.45, 2.75) is 18.9 Å². The monoisotopic (exact) mass is 266 g/mol. The Labute approximate surface area is 111 Å². The van der Waals surface area contributed by atoms with Crippen LogP contribution in [0.2, 0.25) is 0 Å². The second-order valence-electron chi connectivity index (χ2n) is 4.34. The number of amides is 1. The third kappa shape index (κ3) is 4.14. The molecule has 5 heteroatoms. The van der Waals surface area contributed by atoms with Gasteiger partial charge in [-0.1, -0.05) is 6.07 Å². The number of thioether (sulfide) groups is 1. The molecule has 3 N–H and O–H groups in total. The van der Waals surface area contributed by atoms with E-state index >= 15 is 0 Å². The van der Waals surface area contributed by atoms with Gasteiger partial charge in [-0.25, -0.2) is 0 Å². The third-order valence-corrected chi connectivity index (χ3v) is 3.96. The second kappa shape index (κ2) is 6.54. The highest BCUT2D eigenvalue weighted by Crippen LogP contribution is 2.23. The summed E-state index contributed by atoms with van der Waals surface area (Å²) in [6, 6.07) is 8.17. The van der Waals surface area contributed by atoms with E-state index in [-0.39, 0.29) is 6.61 Å². The van der Waals surface area contributed by atoms with E-state index in [1.54, 1.807) is 0 Å². The number of hydrogen-bond acceptors (Lipinski definition) is 4. The van der Waals surface area contributed by atoms with Gasteiger partial charge in [0.05, 0.1) is 0 Å². The van der Waals surface area contributed by atoms with Crippen LogP contribution in [0.15, 0.2) is 24.3 Å². The van der Waals surface area contributed by atoms with Gasteiger partial charge >= 0.3 is 0 Å². The van der Waals surface area contributed by atoms with E-state index in [1.807, 2.05) is 36.0 Å². The summed E-state index contributed by atoms with van der Waals surface area (Å²) < 4.78 is 5.28. The minimum absolute atomic E-state index is 0.0806. The van der Waals surface area contributed by atoms with Crippen LogP contribution in [-0.2, 0) is 4.79 Å². The van der Waals surface area contributed by atoms with Crippen molar-refractivity contribution in [2.24, 2.45) is 5.73 Å². The molecular formula is C13H18N2O2S. The predicted molar refractivity (Wildman–Crippen MR) is 75.1 cm³/mol. The van der Waals surface area contributed by atoms with E-state index in [0.29, 0.717) is 11.8 Å². The fraction of sp³-hybridized carbons (Fsp3) is 0.462. The third-order valence-electron chi connectivity index (χ3n) is 2.75. The normalized spacial score (nSPS) is 19.2. The molecule has 2 rings (SSSR count). The summed E-state index contributed by atoms with van der Waals surface area (Å²) in [4.78, 5) is 10.7. The molecule has 1 atom stereocenters. The van der Waals surface area contributed by atoms with Crippen LogP contribution >= 0.6 is 11.8 Å². The molecule has 1 heterocycles. The second-order valence-corrected chi connectivity index (χ2v) is 5.49. The van der Waals surface area contributed by atoms with Crippen LogP contribution in [0, 0.1) is 0 Å². The van der Waals surface area contributed by atoms with Crippen LogP contribution in [0.25, 0.3) is 0 Å². The van der Waals surface area contributed by atoms with Crippen LogP contribution in [0.4, 0.5) is 5.69 Å². The van der Waals surface area contributed by atoms with Gasteiger partial charge in [0.15, 0.2) is 6.61 Å². The van der Waals surface area contributed by atoms with Gasteiger partial charge in [-0.05, 0) is 30.7 Å². The summed E-state index contributed by atoms with van der Waals surface area (Å²) in [7, 11) is 0. The fourth-order valence-electron chi connectivity index (χ4n) is 1.92. The number of nitrogens with two attached hydrogens (primary N) is 1. The van der Waals surface area contributed by atoms with E-state index in [9.17, 15) is 4.79 Å². The van der Waals surface area contributed by atoms with Crippen molar-refractivity contribution in [1.29, 1.82) is 0 Å². The zero-order chi connectivity index (χ0) is 12.8. The maximum atomic E-state index is 10.7. The Hall–Kier alpha value is -1.36. The van der Waals surface area contributed by atoms with Gasteiger partial charge in [0, 0.05) is 23.5 Å².